The van der Waals surface area contributed by atoms with E-state index in [0.29, 0.717) is 19.6 Å². The SMILES string of the molecule is CCOc1ccc(Cc2ccc3c(c2)[C@]2(OC3)S[C@H](CO)[C@@H](O)[C@H](O)[C@H]2O)cc1. The molecule has 2 aromatic rings. The topological polar surface area (TPSA) is 99.4 Å². The molecule has 2 aromatic carbocycles. The van der Waals surface area contributed by atoms with Crippen molar-refractivity contribution < 1.29 is 29.9 Å². The normalized spacial score (nSPS) is 31.1. The maximum absolute atomic E-state index is 10.8. The lowest BCUT2D eigenvalue weighted by Crippen LogP contribution is -2.58. The number of benzene rings is 2. The molecule has 156 valence electrons. The Kier molecular flexibility index (Phi) is 5.88. The summed E-state index contributed by atoms with van der Waals surface area (Å²) >= 11 is 1.18. The maximum Gasteiger partial charge on any atom is 0.168 e. The number of ether oxygens (including phenoxy) is 2. The smallest absolute Gasteiger partial charge is 0.168 e. The Morgan fingerprint density at radius 3 is 2.48 bits per heavy atom. The Hall–Kier alpha value is -1.61. The predicted octanol–water partition coefficient (Wildman–Crippen LogP) is 1.55. The molecule has 6 nitrogen and oxygen atoms in total. The van der Waals surface area contributed by atoms with Crippen LogP contribution in [0.25, 0.3) is 0 Å². The Balaban J connectivity index is 1.62. The third-order valence-electron chi connectivity index (χ3n) is 5.58. The van der Waals surface area contributed by atoms with Crippen molar-refractivity contribution in [2.24, 2.45) is 0 Å². The zero-order chi connectivity index (χ0) is 20.6. The van der Waals surface area contributed by atoms with E-state index >= 15 is 0 Å². The average molecular weight is 419 g/mol. The van der Waals surface area contributed by atoms with Crippen molar-refractivity contribution in [3.8, 4) is 5.75 Å². The number of rotatable bonds is 5. The first-order valence-electron chi connectivity index (χ1n) is 9.79. The van der Waals surface area contributed by atoms with Gasteiger partial charge in [0.1, 0.15) is 18.0 Å². The van der Waals surface area contributed by atoms with Gasteiger partial charge in [-0.05, 0) is 42.2 Å². The van der Waals surface area contributed by atoms with Crippen LogP contribution in [0.15, 0.2) is 42.5 Å². The first kappa shape index (κ1) is 20.7. The van der Waals surface area contributed by atoms with Gasteiger partial charge in [-0.25, -0.2) is 0 Å². The van der Waals surface area contributed by atoms with Crippen molar-refractivity contribution >= 4 is 11.8 Å². The van der Waals surface area contributed by atoms with E-state index in [0.717, 1.165) is 28.0 Å². The Morgan fingerprint density at radius 2 is 1.79 bits per heavy atom. The third kappa shape index (κ3) is 3.67. The zero-order valence-corrected chi connectivity index (χ0v) is 17.0. The van der Waals surface area contributed by atoms with Crippen LogP contribution >= 0.6 is 11.8 Å². The van der Waals surface area contributed by atoms with Crippen LogP contribution in [0.5, 0.6) is 5.75 Å². The monoisotopic (exact) mass is 418 g/mol. The molecule has 1 fully saturated rings. The Labute approximate surface area is 174 Å². The van der Waals surface area contributed by atoms with Crippen molar-refractivity contribution in [2.45, 2.75) is 48.4 Å². The molecule has 1 saturated heterocycles. The van der Waals surface area contributed by atoms with Crippen molar-refractivity contribution in [3.05, 3.63) is 64.7 Å². The summed E-state index contributed by atoms with van der Waals surface area (Å²) in [6, 6.07) is 13.9. The molecule has 0 saturated carbocycles. The van der Waals surface area contributed by atoms with Gasteiger partial charge in [0.15, 0.2) is 4.93 Å². The van der Waals surface area contributed by atoms with Crippen LogP contribution < -0.4 is 4.74 Å². The summed E-state index contributed by atoms with van der Waals surface area (Å²) in [6.45, 7) is 2.57. The average Bonchev–Trinajstić information content (AvgIpc) is 3.09. The Bertz CT molecular complexity index is 855. The summed E-state index contributed by atoms with van der Waals surface area (Å²) in [5.74, 6) is 0.835. The van der Waals surface area contributed by atoms with Gasteiger partial charge in [0.2, 0.25) is 0 Å². The number of aliphatic hydroxyl groups is 4. The molecule has 0 radical (unpaired) electrons. The largest absolute Gasteiger partial charge is 0.494 e. The summed E-state index contributed by atoms with van der Waals surface area (Å²) in [6.07, 6.45) is -3.21. The molecule has 0 amide bonds. The molecule has 2 aliphatic rings. The second-order valence-electron chi connectivity index (χ2n) is 7.47. The van der Waals surface area contributed by atoms with Gasteiger partial charge in [0.05, 0.1) is 31.2 Å². The van der Waals surface area contributed by atoms with E-state index in [-0.39, 0.29) is 6.61 Å². The van der Waals surface area contributed by atoms with E-state index in [9.17, 15) is 20.4 Å². The third-order valence-corrected chi connectivity index (χ3v) is 7.24. The number of hydrogen-bond donors (Lipinski definition) is 4. The highest BCUT2D eigenvalue weighted by atomic mass is 32.2. The highest BCUT2D eigenvalue weighted by molar-refractivity contribution is 8.00. The highest BCUT2D eigenvalue weighted by Crippen LogP contribution is 2.54. The van der Waals surface area contributed by atoms with E-state index in [2.05, 4.69) is 0 Å². The van der Waals surface area contributed by atoms with Crippen LogP contribution in [0.4, 0.5) is 0 Å². The minimum atomic E-state index is -1.39. The van der Waals surface area contributed by atoms with Crippen molar-refractivity contribution in [2.75, 3.05) is 13.2 Å². The molecule has 1 spiro atoms. The summed E-state index contributed by atoms with van der Waals surface area (Å²) in [5.41, 5.74) is 3.91. The van der Waals surface area contributed by atoms with Gasteiger partial charge in [-0.15, -0.1) is 11.8 Å². The number of hydrogen-bond acceptors (Lipinski definition) is 7. The zero-order valence-electron chi connectivity index (χ0n) is 16.2. The molecule has 2 heterocycles. The maximum atomic E-state index is 10.8. The second-order valence-corrected chi connectivity index (χ2v) is 8.91. The molecular formula is C22H26O6S. The molecule has 0 unspecified atom stereocenters. The van der Waals surface area contributed by atoms with Crippen LogP contribution in [0.2, 0.25) is 0 Å². The minimum absolute atomic E-state index is 0.309. The highest BCUT2D eigenvalue weighted by Gasteiger charge is 2.57. The van der Waals surface area contributed by atoms with Gasteiger partial charge in [-0.1, -0.05) is 30.3 Å². The van der Waals surface area contributed by atoms with Gasteiger partial charge in [-0.2, -0.15) is 0 Å². The van der Waals surface area contributed by atoms with Gasteiger partial charge < -0.3 is 29.9 Å². The van der Waals surface area contributed by atoms with Gasteiger partial charge in [0.25, 0.3) is 0 Å². The first-order valence-corrected chi connectivity index (χ1v) is 10.7. The van der Waals surface area contributed by atoms with Crippen molar-refractivity contribution in [1.29, 1.82) is 0 Å². The lowest BCUT2D eigenvalue weighted by Gasteiger charge is -2.45. The van der Waals surface area contributed by atoms with Crippen molar-refractivity contribution in [3.63, 3.8) is 0 Å². The molecule has 29 heavy (non-hydrogen) atoms. The molecule has 0 aromatic heterocycles. The van der Waals surface area contributed by atoms with E-state index in [4.69, 9.17) is 9.47 Å². The van der Waals surface area contributed by atoms with Crippen LogP contribution in [-0.2, 0) is 22.7 Å². The first-order chi connectivity index (χ1) is 14.0. The lowest BCUT2D eigenvalue weighted by atomic mass is 9.91. The molecule has 0 aliphatic carbocycles. The fourth-order valence-electron chi connectivity index (χ4n) is 4.04. The van der Waals surface area contributed by atoms with Crippen molar-refractivity contribution in [1.82, 2.24) is 0 Å². The van der Waals surface area contributed by atoms with Crippen LogP contribution in [0.1, 0.15) is 29.2 Å². The van der Waals surface area contributed by atoms with E-state index < -0.39 is 28.5 Å². The summed E-state index contributed by atoms with van der Waals surface area (Å²) < 4.78 is 11.5. The molecule has 0 bridgehead atoms. The standard InChI is InChI=1S/C22H26O6S/c1-2-27-16-7-4-13(5-8-16)9-14-3-6-15-12-28-22(17(15)10-14)21(26)20(25)19(24)18(11-23)29-22/h3-8,10,18-21,23-26H,2,9,11-12H2,1H3/t18-,19-,20+,21-,22+/m1/s1. The molecule has 2 aliphatic heterocycles. The number of aliphatic hydroxyl groups excluding tert-OH is 4. The lowest BCUT2D eigenvalue weighted by molar-refractivity contribution is -0.147. The van der Waals surface area contributed by atoms with Gasteiger partial charge in [-0.3, -0.25) is 0 Å². The molecule has 7 heteroatoms. The summed E-state index contributed by atoms with van der Waals surface area (Å²) in [4.78, 5) is -1.20. The molecule has 4 N–H and O–H groups in total. The predicted molar refractivity (Wildman–Crippen MR) is 110 cm³/mol. The van der Waals surface area contributed by atoms with Gasteiger partial charge in [0, 0.05) is 5.56 Å². The fraction of sp³-hybridized carbons (Fsp3) is 0.455. The Morgan fingerprint density at radius 1 is 1.07 bits per heavy atom. The van der Waals surface area contributed by atoms with Crippen LogP contribution in [0, 0.1) is 0 Å². The van der Waals surface area contributed by atoms with Crippen LogP contribution in [-0.4, -0.2) is 57.2 Å². The van der Waals surface area contributed by atoms with Gasteiger partial charge >= 0.3 is 0 Å². The molecular weight excluding hydrogens is 392 g/mol. The fourth-order valence-corrected chi connectivity index (χ4v) is 5.58. The summed E-state index contributed by atoms with van der Waals surface area (Å²) in [7, 11) is 0. The summed E-state index contributed by atoms with van der Waals surface area (Å²) in [5, 5.41) is 40.3. The minimum Gasteiger partial charge on any atom is -0.494 e. The van der Waals surface area contributed by atoms with E-state index in [1.807, 2.05) is 49.4 Å². The molecule has 5 atom stereocenters. The second kappa shape index (κ2) is 8.26. The molecule has 4 rings (SSSR count). The van der Waals surface area contributed by atoms with E-state index in [1.165, 1.54) is 11.8 Å². The van der Waals surface area contributed by atoms with E-state index in [1.54, 1.807) is 0 Å². The van der Waals surface area contributed by atoms with Crippen LogP contribution in [0.3, 0.4) is 0 Å². The quantitative estimate of drug-likeness (QED) is 0.585. The number of thioether (sulfide) groups is 1. The number of fused-ring (bicyclic) bond motifs is 2.